The first kappa shape index (κ1) is 28.8. The predicted molar refractivity (Wildman–Crippen MR) is 168 cm³/mol. The smallest absolute Gasteiger partial charge is 0.338 e. The number of nitrogens with zero attached hydrogens (tertiary/aromatic N) is 2. The van der Waals surface area contributed by atoms with E-state index in [1.165, 1.54) is 11.3 Å². The minimum absolute atomic E-state index is 0.183. The number of rotatable bonds is 8. The Balaban J connectivity index is 1.46. The average Bonchev–Trinajstić information content (AvgIpc) is 3.65. The summed E-state index contributed by atoms with van der Waals surface area (Å²) >= 11 is 1.23. The molecule has 1 aliphatic rings. The molecule has 3 heterocycles. The number of fused-ring (bicyclic) bond motifs is 1. The lowest BCUT2D eigenvalue weighted by Crippen LogP contribution is -2.39. The molecule has 1 aliphatic heterocycles. The van der Waals surface area contributed by atoms with Crippen LogP contribution in [0.5, 0.6) is 0 Å². The lowest BCUT2D eigenvalue weighted by Gasteiger charge is -2.25. The number of benzene rings is 3. The normalized spacial score (nSPS) is 14.6. The second kappa shape index (κ2) is 12.5. The van der Waals surface area contributed by atoms with Crippen LogP contribution in [0.3, 0.4) is 0 Å². The number of hydrogen-bond donors (Lipinski definition) is 0. The molecule has 5 aromatic rings. The molecule has 1 unspecified atom stereocenters. The molecule has 1 atom stereocenters. The van der Waals surface area contributed by atoms with Crippen LogP contribution in [-0.2, 0) is 14.3 Å². The fourth-order valence-electron chi connectivity index (χ4n) is 5.09. The monoisotopic (exact) mass is 604 g/mol. The van der Waals surface area contributed by atoms with Crippen LogP contribution < -0.4 is 14.9 Å². The van der Waals surface area contributed by atoms with Crippen molar-refractivity contribution in [2.45, 2.75) is 19.9 Å². The molecule has 2 aromatic heterocycles. The third kappa shape index (κ3) is 5.57. The quantitative estimate of drug-likeness (QED) is 0.221. The molecule has 8 nitrogen and oxygen atoms in total. The first-order valence-corrected chi connectivity index (χ1v) is 15.0. The zero-order valence-electron chi connectivity index (χ0n) is 24.1. The fourth-order valence-corrected chi connectivity index (χ4v) is 6.07. The van der Waals surface area contributed by atoms with Gasteiger partial charge in [0.1, 0.15) is 11.5 Å². The zero-order valence-corrected chi connectivity index (χ0v) is 24.9. The molecule has 44 heavy (non-hydrogen) atoms. The van der Waals surface area contributed by atoms with E-state index in [1.807, 2.05) is 60.7 Å². The van der Waals surface area contributed by atoms with E-state index in [0.29, 0.717) is 44.3 Å². The molecule has 6 rings (SSSR count). The van der Waals surface area contributed by atoms with E-state index in [4.69, 9.17) is 18.9 Å². The molecule has 0 bridgehead atoms. The highest BCUT2D eigenvalue weighted by atomic mass is 32.1. The molecule has 0 amide bonds. The van der Waals surface area contributed by atoms with Crippen molar-refractivity contribution in [1.29, 1.82) is 0 Å². The van der Waals surface area contributed by atoms with Crippen LogP contribution in [0, 0.1) is 0 Å². The summed E-state index contributed by atoms with van der Waals surface area (Å²) in [6.07, 6.45) is 1.68. The summed E-state index contributed by atoms with van der Waals surface area (Å²) in [5.41, 5.74) is 3.21. The highest BCUT2D eigenvalue weighted by Gasteiger charge is 2.35. The summed E-state index contributed by atoms with van der Waals surface area (Å²) in [6, 6.07) is 28.6. The van der Waals surface area contributed by atoms with Crippen LogP contribution in [0.15, 0.2) is 117 Å². The van der Waals surface area contributed by atoms with Gasteiger partial charge in [-0.05, 0) is 43.7 Å². The van der Waals surface area contributed by atoms with Crippen LogP contribution in [0.25, 0.3) is 23.1 Å². The number of carbonyl (C=O) groups excluding carboxylic acids is 2. The van der Waals surface area contributed by atoms with Crippen molar-refractivity contribution in [2.75, 3.05) is 13.2 Å². The van der Waals surface area contributed by atoms with Crippen molar-refractivity contribution in [3.63, 3.8) is 0 Å². The minimum atomic E-state index is -0.742. The Labute approximate surface area is 256 Å². The predicted octanol–water partition coefficient (Wildman–Crippen LogP) is 5.37. The van der Waals surface area contributed by atoms with E-state index in [0.717, 1.165) is 16.7 Å². The number of hydrogen-bond acceptors (Lipinski definition) is 8. The molecule has 0 saturated carbocycles. The van der Waals surface area contributed by atoms with Gasteiger partial charge in [0.05, 0.1) is 40.6 Å². The van der Waals surface area contributed by atoms with Crippen LogP contribution >= 0.6 is 11.3 Å². The van der Waals surface area contributed by atoms with Crippen molar-refractivity contribution >= 4 is 35.0 Å². The maximum atomic E-state index is 14.0. The Morgan fingerprint density at radius 3 is 2.18 bits per heavy atom. The van der Waals surface area contributed by atoms with Crippen molar-refractivity contribution in [1.82, 2.24) is 4.57 Å². The largest absolute Gasteiger partial charge is 0.463 e. The van der Waals surface area contributed by atoms with E-state index in [2.05, 4.69) is 0 Å². The van der Waals surface area contributed by atoms with Crippen molar-refractivity contribution in [3.8, 4) is 11.3 Å². The summed E-state index contributed by atoms with van der Waals surface area (Å²) in [4.78, 5) is 44.9. The third-order valence-corrected chi connectivity index (χ3v) is 8.05. The Morgan fingerprint density at radius 1 is 0.841 bits per heavy atom. The summed E-state index contributed by atoms with van der Waals surface area (Å²) in [5, 5.41) is 0. The van der Waals surface area contributed by atoms with E-state index in [1.54, 1.807) is 60.9 Å². The van der Waals surface area contributed by atoms with Gasteiger partial charge in [0.25, 0.3) is 5.56 Å². The van der Waals surface area contributed by atoms with Gasteiger partial charge in [0.2, 0.25) is 0 Å². The summed E-state index contributed by atoms with van der Waals surface area (Å²) in [6.45, 7) is 4.00. The van der Waals surface area contributed by atoms with Crippen LogP contribution in [0.4, 0.5) is 0 Å². The second-order valence-corrected chi connectivity index (χ2v) is 10.9. The molecule has 0 radical (unpaired) electrons. The maximum Gasteiger partial charge on any atom is 0.338 e. The lowest BCUT2D eigenvalue weighted by atomic mass is 9.93. The standard InChI is InChI=1S/C35H28N2O6S/c1-3-41-33(39)25-17-15-22(16-18-25)27-20-19-26(43-27)21-28-32(38)37-31(24-13-9-6-10-14-24)29(34(40)42-4-2)30(36-35(37)44-28)23-11-7-5-8-12-23/h5-21,31H,3-4H2,1-2H3/b28-21-. The lowest BCUT2D eigenvalue weighted by molar-refractivity contribution is -0.138. The number of thiazole rings is 1. The van der Waals surface area contributed by atoms with E-state index in [-0.39, 0.29) is 18.1 Å². The van der Waals surface area contributed by atoms with Gasteiger partial charge in [-0.1, -0.05) is 84.1 Å². The van der Waals surface area contributed by atoms with Gasteiger partial charge in [-0.3, -0.25) is 9.36 Å². The molecule has 0 saturated heterocycles. The molecule has 3 aromatic carbocycles. The Morgan fingerprint density at radius 2 is 1.50 bits per heavy atom. The fraction of sp³-hybridized carbons (Fsp3) is 0.143. The van der Waals surface area contributed by atoms with Gasteiger partial charge >= 0.3 is 11.9 Å². The van der Waals surface area contributed by atoms with Gasteiger partial charge in [0, 0.05) is 17.2 Å². The number of aromatic nitrogens is 1. The van der Waals surface area contributed by atoms with Gasteiger partial charge < -0.3 is 13.9 Å². The van der Waals surface area contributed by atoms with Gasteiger partial charge in [-0.25, -0.2) is 14.6 Å². The average molecular weight is 605 g/mol. The van der Waals surface area contributed by atoms with Crippen LogP contribution in [0.1, 0.15) is 47.1 Å². The highest BCUT2D eigenvalue weighted by molar-refractivity contribution is 7.07. The molecule has 0 spiro atoms. The minimum Gasteiger partial charge on any atom is -0.463 e. The third-order valence-electron chi connectivity index (χ3n) is 7.07. The van der Waals surface area contributed by atoms with E-state index >= 15 is 0 Å². The number of carbonyl (C=O) groups is 2. The van der Waals surface area contributed by atoms with Crippen molar-refractivity contribution in [2.24, 2.45) is 4.99 Å². The Kier molecular flexibility index (Phi) is 8.21. The SMILES string of the molecule is CCOC(=O)C1=C(c2ccccc2)N=c2s/c(=C\c3ccc(-c4ccc(C(=O)OCC)cc4)o3)c(=O)n2C1c1ccccc1. The number of furan rings is 1. The van der Waals surface area contributed by atoms with Crippen molar-refractivity contribution < 1.29 is 23.5 Å². The molecule has 0 N–H and O–H groups in total. The molecular weight excluding hydrogens is 576 g/mol. The highest BCUT2D eigenvalue weighted by Crippen LogP contribution is 2.35. The van der Waals surface area contributed by atoms with Crippen LogP contribution in [0.2, 0.25) is 0 Å². The van der Waals surface area contributed by atoms with E-state index < -0.39 is 12.0 Å². The van der Waals surface area contributed by atoms with E-state index in [9.17, 15) is 14.4 Å². The number of ether oxygens (including phenoxy) is 2. The topological polar surface area (TPSA) is 100 Å². The van der Waals surface area contributed by atoms with Gasteiger partial charge in [0.15, 0.2) is 4.80 Å². The first-order chi connectivity index (χ1) is 21.5. The number of esters is 2. The van der Waals surface area contributed by atoms with Gasteiger partial charge in [-0.2, -0.15) is 0 Å². The maximum absolute atomic E-state index is 14.0. The van der Waals surface area contributed by atoms with Crippen LogP contribution in [-0.4, -0.2) is 29.7 Å². The summed E-state index contributed by atoms with van der Waals surface area (Å²) < 4.78 is 18.6. The Bertz CT molecular complexity index is 2040. The molecule has 220 valence electrons. The Hall–Kier alpha value is -5.28. The summed E-state index contributed by atoms with van der Waals surface area (Å²) in [7, 11) is 0. The van der Waals surface area contributed by atoms with Gasteiger partial charge in [-0.15, -0.1) is 0 Å². The zero-order chi connectivity index (χ0) is 30.6. The molecular formula is C35H28N2O6S. The summed E-state index contributed by atoms with van der Waals surface area (Å²) in [5.74, 6) is 0.147. The molecule has 0 fully saturated rings. The second-order valence-electron chi connectivity index (χ2n) is 9.84. The van der Waals surface area contributed by atoms with Crippen molar-refractivity contribution in [3.05, 3.63) is 145 Å². The molecule has 9 heteroatoms. The first-order valence-electron chi connectivity index (χ1n) is 14.2. The molecule has 0 aliphatic carbocycles.